The van der Waals surface area contributed by atoms with Gasteiger partial charge >= 0.3 is 5.76 Å². The molecule has 0 bridgehead atoms. The van der Waals surface area contributed by atoms with Gasteiger partial charge in [-0.2, -0.15) is 8.78 Å². The van der Waals surface area contributed by atoms with E-state index in [0.29, 0.717) is 0 Å². The van der Waals surface area contributed by atoms with Gasteiger partial charge in [-0.25, -0.2) is 8.42 Å². The molecule has 0 saturated carbocycles. The molecule has 1 atom stereocenters. The lowest BCUT2D eigenvalue weighted by molar-refractivity contribution is -0.121. The van der Waals surface area contributed by atoms with Crippen molar-refractivity contribution in [2.24, 2.45) is 11.8 Å². The van der Waals surface area contributed by atoms with E-state index in [1.54, 1.807) is 6.92 Å². The molecule has 1 aromatic carbocycles. The average molecular weight is 355 g/mol. The number of carbonyl (C=O) groups excluding carboxylic acids is 1. The maximum absolute atomic E-state index is 12.5. The molecule has 1 unspecified atom stereocenters. The fourth-order valence-corrected chi connectivity index (χ4v) is 2.75. The summed E-state index contributed by atoms with van der Waals surface area (Å²) in [5, 5.41) is 5.63. The Kier molecular flexibility index (Phi) is 6.27. The molecule has 1 amide bonds. The van der Waals surface area contributed by atoms with Gasteiger partial charge in [0.1, 0.15) is 0 Å². The second kappa shape index (κ2) is 7.34. The Morgan fingerprint density at radius 1 is 1.36 bits per heavy atom. The van der Waals surface area contributed by atoms with Crippen molar-refractivity contribution in [3.63, 3.8) is 0 Å². The van der Waals surface area contributed by atoms with Crippen molar-refractivity contribution in [1.82, 2.24) is 5.32 Å². The first-order chi connectivity index (χ1) is 9.82. The summed E-state index contributed by atoms with van der Waals surface area (Å²) in [4.78, 5) is 11.5. The van der Waals surface area contributed by atoms with E-state index < -0.39 is 20.5 Å². The van der Waals surface area contributed by atoms with Gasteiger partial charge < -0.3 is 10.6 Å². The summed E-state index contributed by atoms with van der Waals surface area (Å²) in [5.74, 6) is -3.74. The molecule has 1 heterocycles. The van der Waals surface area contributed by atoms with Crippen LogP contribution in [0.15, 0.2) is 29.2 Å². The molecule has 1 fully saturated rings. The van der Waals surface area contributed by atoms with E-state index in [1.807, 2.05) is 0 Å². The van der Waals surface area contributed by atoms with Gasteiger partial charge in [-0.3, -0.25) is 4.79 Å². The zero-order valence-electron chi connectivity index (χ0n) is 11.8. The van der Waals surface area contributed by atoms with E-state index in [4.69, 9.17) is 0 Å². The number of anilines is 1. The predicted octanol–water partition coefficient (Wildman–Crippen LogP) is 1.90. The highest BCUT2D eigenvalue weighted by Crippen LogP contribution is 2.23. The smallest absolute Gasteiger partial charge is 0.326 e. The van der Waals surface area contributed by atoms with Gasteiger partial charge in [0.2, 0.25) is 15.7 Å². The van der Waals surface area contributed by atoms with Crippen LogP contribution in [0, 0.1) is 11.8 Å². The van der Waals surface area contributed by atoms with Gasteiger partial charge in [0.15, 0.2) is 0 Å². The monoisotopic (exact) mass is 354 g/mol. The van der Waals surface area contributed by atoms with Gasteiger partial charge in [0.25, 0.3) is 0 Å². The van der Waals surface area contributed by atoms with Crippen molar-refractivity contribution in [3.8, 4) is 0 Å². The lowest BCUT2D eigenvalue weighted by Gasteiger charge is -2.31. The SMILES string of the molecule is CC(C(=O)Nc1cccc(S(=O)(=O)C(F)F)c1)C1CNC1.Cl. The zero-order chi connectivity index (χ0) is 15.6. The number of alkyl halides is 2. The molecule has 0 aromatic heterocycles. The average Bonchev–Trinajstić information content (AvgIpc) is 2.36. The van der Waals surface area contributed by atoms with Crippen LogP contribution in [-0.2, 0) is 14.6 Å². The van der Waals surface area contributed by atoms with Crippen LogP contribution >= 0.6 is 12.4 Å². The summed E-state index contributed by atoms with van der Waals surface area (Å²) >= 11 is 0. The van der Waals surface area contributed by atoms with Crippen molar-refractivity contribution in [2.45, 2.75) is 17.6 Å². The number of hydrogen-bond donors (Lipinski definition) is 2. The summed E-state index contributed by atoms with van der Waals surface area (Å²) in [7, 11) is -4.66. The molecular weight excluding hydrogens is 338 g/mol. The number of halogens is 3. The first-order valence-corrected chi connectivity index (χ1v) is 8.00. The fourth-order valence-electron chi connectivity index (χ4n) is 1.99. The van der Waals surface area contributed by atoms with E-state index in [9.17, 15) is 22.0 Å². The van der Waals surface area contributed by atoms with Crippen molar-refractivity contribution in [2.75, 3.05) is 18.4 Å². The van der Waals surface area contributed by atoms with Gasteiger partial charge in [-0.15, -0.1) is 12.4 Å². The number of carbonyl (C=O) groups is 1. The van der Waals surface area contributed by atoms with Crippen LogP contribution in [0.25, 0.3) is 0 Å². The van der Waals surface area contributed by atoms with E-state index in [2.05, 4.69) is 10.6 Å². The molecule has 0 aliphatic carbocycles. The molecule has 2 N–H and O–H groups in total. The minimum atomic E-state index is -4.66. The molecule has 0 spiro atoms. The largest absolute Gasteiger partial charge is 0.341 e. The number of rotatable bonds is 5. The number of hydrogen-bond acceptors (Lipinski definition) is 4. The standard InChI is InChI=1S/C13H16F2N2O3S.ClH/c1-8(9-6-16-7-9)12(18)17-10-3-2-4-11(5-10)21(19,20)13(14)15;/h2-5,8-9,13,16H,6-7H2,1H3,(H,17,18);1H. The van der Waals surface area contributed by atoms with Crippen LogP contribution in [0.4, 0.5) is 14.5 Å². The summed E-state index contributed by atoms with van der Waals surface area (Å²) in [6, 6.07) is 4.91. The van der Waals surface area contributed by atoms with Crippen molar-refractivity contribution in [3.05, 3.63) is 24.3 Å². The summed E-state index contributed by atoms with van der Waals surface area (Å²) in [6.45, 7) is 3.30. The number of benzene rings is 1. The van der Waals surface area contributed by atoms with Gasteiger partial charge in [0.05, 0.1) is 4.90 Å². The highest BCUT2D eigenvalue weighted by Gasteiger charge is 2.29. The van der Waals surface area contributed by atoms with Gasteiger partial charge in [-0.1, -0.05) is 13.0 Å². The lowest BCUT2D eigenvalue weighted by Crippen LogP contribution is -2.48. The molecule has 1 saturated heterocycles. The molecule has 1 aliphatic heterocycles. The Morgan fingerprint density at radius 2 is 2.00 bits per heavy atom. The molecule has 0 radical (unpaired) electrons. The van der Waals surface area contributed by atoms with Crippen molar-refractivity contribution < 1.29 is 22.0 Å². The Bertz CT molecular complexity index is 636. The Labute approximate surface area is 133 Å². The van der Waals surface area contributed by atoms with E-state index in [0.717, 1.165) is 25.2 Å². The fraction of sp³-hybridized carbons (Fsp3) is 0.462. The summed E-state index contributed by atoms with van der Waals surface area (Å²) in [5.41, 5.74) is 0.195. The second-order valence-electron chi connectivity index (χ2n) is 5.03. The van der Waals surface area contributed by atoms with Crippen LogP contribution < -0.4 is 10.6 Å². The first kappa shape index (κ1) is 18.8. The highest BCUT2D eigenvalue weighted by atomic mass is 35.5. The maximum atomic E-state index is 12.5. The lowest BCUT2D eigenvalue weighted by atomic mass is 9.88. The van der Waals surface area contributed by atoms with E-state index in [-0.39, 0.29) is 35.8 Å². The van der Waals surface area contributed by atoms with Crippen LogP contribution in [0.2, 0.25) is 0 Å². The topological polar surface area (TPSA) is 75.3 Å². The Hall–Kier alpha value is -1.25. The second-order valence-corrected chi connectivity index (χ2v) is 6.95. The number of amides is 1. The third kappa shape index (κ3) is 3.93. The van der Waals surface area contributed by atoms with Crippen LogP contribution in [-0.4, -0.2) is 33.2 Å². The zero-order valence-corrected chi connectivity index (χ0v) is 13.4. The van der Waals surface area contributed by atoms with Gasteiger partial charge in [0, 0.05) is 11.6 Å². The molecule has 22 heavy (non-hydrogen) atoms. The number of sulfone groups is 1. The predicted molar refractivity (Wildman–Crippen MR) is 81.0 cm³/mol. The molecule has 124 valence electrons. The summed E-state index contributed by atoms with van der Waals surface area (Å²) in [6.07, 6.45) is 0. The Balaban J connectivity index is 0.00000242. The molecule has 5 nitrogen and oxygen atoms in total. The van der Waals surface area contributed by atoms with Crippen molar-refractivity contribution >= 4 is 33.8 Å². The van der Waals surface area contributed by atoms with Crippen LogP contribution in [0.1, 0.15) is 6.92 Å². The normalized spacial score (nSPS) is 16.5. The van der Waals surface area contributed by atoms with E-state index >= 15 is 0 Å². The third-order valence-electron chi connectivity index (χ3n) is 3.60. The summed E-state index contributed by atoms with van der Waals surface area (Å²) < 4.78 is 47.8. The van der Waals surface area contributed by atoms with E-state index in [1.165, 1.54) is 12.1 Å². The van der Waals surface area contributed by atoms with Gasteiger partial charge in [-0.05, 0) is 37.2 Å². The molecular formula is C13H17ClF2N2O3S. The highest BCUT2D eigenvalue weighted by molar-refractivity contribution is 7.91. The molecule has 2 rings (SSSR count). The maximum Gasteiger partial charge on any atom is 0.341 e. The van der Waals surface area contributed by atoms with Crippen LogP contribution in [0.3, 0.4) is 0 Å². The minimum absolute atomic E-state index is 0. The first-order valence-electron chi connectivity index (χ1n) is 6.46. The minimum Gasteiger partial charge on any atom is -0.326 e. The molecule has 1 aliphatic rings. The Morgan fingerprint density at radius 3 is 2.50 bits per heavy atom. The quantitative estimate of drug-likeness (QED) is 0.846. The third-order valence-corrected chi connectivity index (χ3v) is 4.98. The molecule has 1 aromatic rings. The molecule has 9 heteroatoms. The number of nitrogens with one attached hydrogen (secondary N) is 2. The van der Waals surface area contributed by atoms with Crippen LogP contribution in [0.5, 0.6) is 0 Å². The van der Waals surface area contributed by atoms with Crippen molar-refractivity contribution in [1.29, 1.82) is 0 Å².